The maximum absolute atomic E-state index is 5.65. The predicted molar refractivity (Wildman–Crippen MR) is 39.2 cm³/mol. The molecule has 4 nitrogen and oxygen atoms in total. The van der Waals surface area contributed by atoms with Gasteiger partial charge in [-0.2, -0.15) is 4.98 Å². The number of hydrogen-bond donors (Lipinski definition) is 1. The summed E-state index contributed by atoms with van der Waals surface area (Å²) in [6.45, 7) is 3.60. The van der Waals surface area contributed by atoms with Crippen molar-refractivity contribution in [3.05, 3.63) is 10.6 Å². The molecule has 1 aromatic rings. The molecule has 0 aliphatic rings. The highest BCUT2D eigenvalue weighted by atomic mass is 79.9. The molecular weight excluding hydrogens is 198 g/mol. The third kappa shape index (κ3) is 1.54. The zero-order chi connectivity index (χ0) is 7.78. The van der Waals surface area contributed by atoms with Crippen LogP contribution in [0, 0.1) is 0 Å². The highest BCUT2D eigenvalue weighted by Crippen LogP contribution is 2.15. The lowest BCUT2D eigenvalue weighted by molar-refractivity contribution is 0.310. The van der Waals surface area contributed by atoms with E-state index in [4.69, 9.17) is 10.3 Å². The van der Waals surface area contributed by atoms with Crippen LogP contribution in [0.1, 0.15) is 19.7 Å². The summed E-state index contributed by atoms with van der Waals surface area (Å²) in [5.41, 5.74) is 5.10. The first-order valence-electron chi connectivity index (χ1n) is 2.79. The summed E-state index contributed by atoms with van der Waals surface area (Å²) in [7, 11) is 0. The van der Waals surface area contributed by atoms with Crippen molar-refractivity contribution in [1.82, 2.24) is 10.1 Å². The molecule has 0 unspecified atom stereocenters. The standard InChI is InChI=1S/C5H8BrN3O/c1-5(2,7)3-8-4(6)9-10-3/h7H2,1-2H3. The van der Waals surface area contributed by atoms with E-state index in [1.165, 1.54) is 0 Å². The highest BCUT2D eigenvalue weighted by Gasteiger charge is 2.21. The molecule has 0 spiro atoms. The van der Waals surface area contributed by atoms with Gasteiger partial charge in [-0.3, -0.25) is 0 Å². The van der Waals surface area contributed by atoms with Gasteiger partial charge in [-0.25, -0.2) is 0 Å². The van der Waals surface area contributed by atoms with E-state index < -0.39 is 5.54 Å². The second-order valence-electron chi connectivity index (χ2n) is 2.59. The Hall–Kier alpha value is -0.420. The molecule has 0 aliphatic heterocycles. The zero-order valence-electron chi connectivity index (χ0n) is 5.76. The Morgan fingerprint density at radius 2 is 2.20 bits per heavy atom. The molecular formula is C5H8BrN3O. The van der Waals surface area contributed by atoms with Gasteiger partial charge in [0.1, 0.15) is 0 Å². The summed E-state index contributed by atoms with van der Waals surface area (Å²) in [4.78, 5) is 3.90. The number of nitrogens with zero attached hydrogens (tertiary/aromatic N) is 2. The van der Waals surface area contributed by atoms with E-state index in [1.54, 1.807) is 13.8 Å². The van der Waals surface area contributed by atoms with E-state index in [-0.39, 0.29) is 0 Å². The van der Waals surface area contributed by atoms with E-state index >= 15 is 0 Å². The van der Waals surface area contributed by atoms with Crippen LogP contribution in [0.5, 0.6) is 0 Å². The van der Waals surface area contributed by atoms with Crippen molar-refractivity contribution in [2.45, 2.75) is 19.4 Å². The monoisotopic (exact) mass is 205 g/mol. The fourth-order valence-electron chi connectivity index (χ4n) is 0.467. The fourth-order valence-corrected chi connectivity index (χ4v) is 0.701. The van der Waals surface area contributed by atoms with Gasteiger partial charge in [-0.1, -0.05) is 0 Å². The molecule has 1 heterocycles. The number of halogens is 1. The van der Waals surface area contributed by atoms with E-state index in [0.29, 0.717) is 10.6 Å². The molecule has 10 heavy (non-hydrogen) atoms. The zero-order valence-corrected chi connectivity index (χ0v) is 7.34. The van der Waals surface area contributed by atoms with Crippen molar-refractivity contribution in [1.29, 1.82) is 0 Å². The Labute approximate surface area is 66.9 Å². The van der Waals surface area contributed by atoms with E-state index in [9.17, 15) is 0 Å². The Balaban J connectivity index is 2.96. The molecule has 1 aromatic heterocycles. The van der Waals surface area contributed by atoms with Gasteiger partial charge >= 0.3 is 0 Å². The Morgan fingerprint density at radius 3 is 2.40 bits per heavy atom. The predicted octanol–water partition coefficient (Wildman–Crippen LogP) is 1.03. The summed E-state index contributed by atoms with van der Waals surface area (Å²) in [6, 6.07) is 0. The van der Waals surface area contributed by atoms with Gasteiger partial charge in [-0.05, 0) is 34.9 Å². The SMILES string of the molecule is CC(C)(N)c1nc(Br)no1. The van der Waals surface area contributed by atoms with Crippen molar-refractivity contribution in [2.24, 2.45) is 5.73 Å². The molecule has 0 aliphatic carbocycles. The minimum absolute atomic E-state index is 0.430. The number of hydrogen-bond acceptors (Lipinski definition) is 4. The average molecular weight is 206 g/mol. The summed E-state index contributed by atoms with van der Waals surface area (Å²) >= 11 is 3.05. The normalized spacial score (nSPS) is 12.0. The highest BCUT2D eigenvalue weighted by molar-refractivity contribution is 9.10. The lowest BCUT2D eigenvalue weighted by Gasteiger charge is -2.10. The van der Waals surface area contributed by atoms with E-state index in [2.05, 4.69) is 26.1 Å². The molecule has 5 heteroatoms. The van der Waals surface area contributed by atoms with Crippen molar-refractivity contribution in [3.63, 3.8) is 0 Å². The first-order chi connectivity index (χ1) is 4.50. The van der Waals surface area contributed by atoms with Crippen LogP contribution in [0.4, 0.5) is 0 Å². The van der Waals surface area contributed by atoms with Crippen LogP contribution in [-0.2, 0) is 5.54 Å². The van der Waals surface area contributed by atoms with Gasteiger partial charge in [0.2, 0.25) is 10.6 Å². The van der Waals surface area contributed by atoms with Crippen molar-refractivity contribution >= 4 is 15.9 Å². The van der Waals surface area contributed by atoms with Crippen LogP contribution >= 0.6 is 15.9 Å². The van der Waals surface area contributed by atoms with Crippen molar-refractivity contribution in [2.75, 3.05) is 0 Å². The second-order valence-corrected chi connectivity index (χ2v) is 3.30. The minimum Gasteiger partial charge on any atom is -0.336 e. The molecule has 0 radical (unpaired) electrons. The van der Waals surface area contributed by atoms with E-state index in [1.807, 2.05) is 0 Å². The maximum atomic E-state index is 5.65. The molecule has 0 saturated heterocycles. The first-order valence-corrected chi connectivity index (χ1v) is 3.58. The van der Waals surface area contributed by atoms with Crippen LogP contribution in [0.3, 0.4) is 0 Å². The molecule has 1 rings (SSSR count). The third-order valence-electron chi connectivity index (χ3n) is 0.952. The second kappa shape index (κ2) is 2.32. The molecule has 0 bridgehead atoms. The average Bonchev–Trinajstić information content (AvgIpc) is 2.11. The third-order valence-corrected chi connectivity index (χ3v) is 1.27. The van der Waals surface area contributed by atoms with Gasteiger partial charge in [0.25, 0.3) is 0 Å². The van der Waals surface area contributed by atoms with Crippen molar-refractivity contribution in [3.8, 4) is 0 Å². The lowest BCUT2D eigenvalue weighted by atomic mass is 10.1. The minimum atomic E-state index is -0.557. The largest absolute Gasteiger partial charge is 0.336 e. The van der Waals surface area contributed by atoms with E-state index in [0.717, 1.165) is 0 Å². The maximum Gasteiger partial charge on any atom is 0.246 e. The molecule has 0 saturated carbocycles. The van der Waals surface area contributed by atoms with Crippen LogP contribution < -0.4 is 5.73 Å². The number of rotatable bonds is 1. The molecule has 2 N–H and O–H groups in total. The van der Waals surface area contributed by atoms with Crippen LogP contribution in [0.2, 0.25) is 0 Å². The van der Waals surface area contributed by atoms with Gasteiger partial charge in [-0.15, -0.1) is 0 Å². The lowest BCUT2D eigenvalue weighted by Crippen LogP contribution is -2.28. The molecule has 0 amide bonds. The van der Waals surface area contributed by atoms with Gasteiger partial charge in [0.05, 0.1) is 5.54 Å². The molecule has 0 fully saturated rings. The fraction of sp³-hybridized carbons (Fsp3) is 0.600. The van der Waals surface area contributed by atoms with Gasteiger partial charge in [0, 0.05) is 0 Å². The topological polar surface area (TPSA) is 64.9 Å². The summed E-state index contributed by atoms with van der Waals surface area (Å²) < 4.78 is 5.23. The first kappa shape index (κ1) is 7.68. The Morgan fingerprint density at radius 1 is 1.60 bits per heavy atom. The van der Waals surface area contributed by atoms with Crippen LogP contribution in [-0.4, -0.2) is 10.1 Å². The summed E-state index contributed by atoms with van der Waals surface area (Å²) in [6.07, 6.45) is 0. The quantitative estimate of drug-likeness (QED) is 0.744. The molecule has 0 aromatic carbocycles. The van der Waals surface area contributed by atoms with Crippen LogP contribution in [0.25, 0.3) is 0 Å². The molecule has 56 valence electrons. The Kier molecular flexibility index (Phi) is 1.78. The smallest absolute Gasteiger partial charge is 0.246 e. The van der Waals surface area contributed by atoms with Gasteiger partial charge < -0.3 is 10.3 Å². The van der Waals surface area contributed by atoms with Gasteiger partial charge in [0.15, 0.2) is 0 Å². The Bertz CT molecular complexity index is 227. The summed E-state index contributed by atoms with van der Waals surface area (Å²) in [5.74, 6) is 0.430. The molecule has 0 atom stereocenters. The summed E-state index contributed by atoms with van der Waals surface area (Å²) in [5, 5.41) is 3.53. The number of nitrogens with two attached hydrogens (primary N) is 1. The van der Waals surface area contributed by atoms with Crippen LogP contribution in [0.15, 0.2) is 9.26 Å². The number of aromatic nitrogens is 2. The van der Waals surface area contributed by atoms with Crippen molar-refractivity contribution < 1.29 is 4.52 Å².